The van der Waals surface area contributed by atoms with Gasteiger partial charge in [-0.15, -0.1) is 0 Å². The maximum atomic E-state index is 13.6. The van der Waals surface area contributed by atoms with Crippen molar-refractivity contribution in [3.63, 3.8) is 0 Å². The smallest absolute Gasteiger partial charge is 0.226 e. The maximum absolute atomic E-state index is 13.6. The van der Waals surface area contributed by atoms with Crippen LogP contribution in [0.1, 0.15) is 27.2 Å². The first-order valence-corrected chi connectivity index (χ1v) is 6.47. The maximum Gasteiger partial charge on any atom is 0.226 e. The second kappa shape index (κ2) is 7.68. The Balaban J connectivity index is 2.73. The van der Waals surface area contributed by atoms with Gasteiger partial charge in [-0.3, -0.25) is 9.59 Å². The van der Waals surface area contributed by atoms with Crippen LogP contribution in [0, 0.1) is 11.6 Å². The summed E-state index contributed by atoms with van der Waals surface area (Å²) in [6, 6.07) is 1.64. The highest BCUT2D eigenvalue weighted by atomic mass is 19.1. The Kier molecular flexibility index (Phi) is 6.23. The zero-order chi connectivity index (χ0) is 16.0. The summed E-state index contributed by atoms with van der Waals surface area (Å²) in [5.41, 5.74) is -0.396. The van der Waals surface area contributed by atoms with Gasteiger partial charge in [-0.2, -0.15) is 0 Å². The van der Waals surface area contributed by atoms with Crippen LogP contribution in [-0.2, 0) is 14.3 Å². The Bertz CT molecular complexity index is 533. The van der Waals surface area contributed by atoms with E-state index in [1.54, 1.807) is 0 Å². The molecular formula is C14H18F2N2O3. The van der Waals surface area contributed by atoms with Gasteiger partial charge in [0.2, 0.25) is 11.8 Å². The lowest BCUT2D eigenvalue weighted by atomic mass is 10.2. The summed E-state index contributed by atoms with van der Waals surface area (Å²) < 4.78 is 32.2. The van der Waals surface area contributed by atoms with Crippen molar-refractivity contribution >= 4 is 23.2 Å². The van der Waals surface area contributed by atoms with Crippen LogP contribution in [0.2, 0.25) is 0 Å². The number of rotatable bonds is 6. The average molecular weight is 300 g/mol. The summed E-state index contributed by atoms with van der Waals surface area (Å²) in [7, 11) is 0. The molecule has 0 bridgehead atoms. The molecule has 0 atom stereocenters. The summed E-state index contributed by atoms with van der Waals surface area (Å²) in [4.78, 5) is 22.5. The predicted molar refractivity (Wildman–Crippen MR) is 75.0 cm³/mol. The molecule has 0 aliphatic rings. The number of hydrogen-bond acceptors (Lipinski definition) is 3. The number of benzene rings is 1. The summed E-state index contributed by atoms with van der Waals surface area (Å²) >= 11 is 0. The highest BCUT2D eigenvalue weighted by Crippen LogP contribution is 2.23. The fraction of sp³-hybridized carbons (Fsp3) is 0.429. The Hall–Kier alpha value is -2.02. The summed E-state index contributed by atoms with van der Waals surface area (Å²) in [5.74, 6) is -2.79. The van der Waals surface area contributed by atoms with Gasteiger partial charge in [-0.25, -0.2) is 8.78 Å². The molecule has 0 radical (unpaired) electrons. The lowest BCUT2D eigenvalue weighted by molar-refractivity contribution is -0.117. The van der Waals surface area contributed by atoms with E-state index in [1.807, 2.05) is 13.8 Å². The molecule has 0 saturated carbocycles. The fourth-order valence-corrected chi connectivity index (χ4v) is 1.53. The molecule has 0 saturated heterocycles. The first-order valence-electron chi connectivity index (χ1n) is 6.47. The van der Waals surface area contributed by atoms with Crippen LogP contribution in [0.15, 0.2) is 12.1 Å². The number of hydrogen-bond donors (Lipinski definition) is 2. The molecule has 0 aliphatic carbocycles. The van der Waals surface area contributed by atoms with E-state index < -0.39 is 23.4 Å². The van der Waals surface area contributed by atoms with Crippen molar-refractivity contribution in [3.8, 4) is 0 Å². The molecular weight excluding hydrogens is 282 g/mol. The minimum atomic E-state index is -0.917. The number of carbonyl (C=O) groups excluding carboxylic acids is 2. The van der Waals surface area contributed by atoms with Gasteiger partial charge < -0.3 is 15.4 Å². The number of nitrogens with one attached hydrogen (secondary N) is 2. The first kappa shape index (κ1) is 17.0. The van der Waals surface area contributed by atoms with Gasteiger partial charge >= 0.3 is 0 Å². The quantitative estimate of drug-likeness (QED) is 0.848. The zero-order valence-electron chi connectivity index (χ0n) is 12.1. The summed E-state index contributed by atoms with van der Waals surface area (Å²) in [6.07, 6.45) is 0.0384. The van der Waals surface area contributed by atoms with E-state index >= 15 is 0 Å². The minimum Gasteiger partial charge on any atom is -0.378 e. The fourth-order valence-electron chi connectivity index (χ4n) is 1.53. The van der Waals surface area contributed by atoms with E-state index in [9.17, 15) is 18.4 Å². The van der Waals surface area contributed by atoms with Crippen molar-refractivity contribution in [3.05, 3.63) is 23.8 Å². The van der Waals surface area contributed by atoms with E-state index in [-0.39, 0.29) is 30.5 Å². The second-order valence-electron chi connectivity index (χ2n) is 4.71. The molecule has 0 spiro atoms. The molecule has 5 nitrogen and oxygen atoms in total. The van der Waals surface area contributed by atoms with Crippen molar-refractivity contribution in [1.82, 2.24) is 0 Å². The standard InChI is InChI=1S/C14H18F2N2O3/c1-8(2)21-5-4-14(20)18-13-7-12(17-9(3)19)10(15)6-11(13)16/h6-8H,4-5H2,1-3H3,(H,17,19)(H,18,20). The average Bonchev–Trinajstić information content (AvgIpc) is 2.34. The van der Waals surface area contributed by atoms with Crippen LogP contribution in [0.25, 0.3) is 0 Å². The van der Waals surface area contributed by atoms with Crippen molar-refractivity contribution in [1.29, 1.82) is 0 Å². The largest absolute Gasteiger partial charge is 0.378 e. The van der Waals surface area contributed by atoms with Crippen LogP contribution in [0.3, 0.4) is 0 Å². The molecule has 1 aromatic carbocycles. The van der Waals surface area contributed by atoms with Crippen LogP contribution in [0.5, 0.6) is 0 Å². The molecule has 0 heterocycles. The molecule has 0 aliphatic heterocycles. The van der Waals surface area contributed by atoms with Gasteiger partial charge in [-0.05, 0) is 19.9 Å². The van der Waals surface area contributed by atoms with Gasteiger partial charge in [0.25, 0.3) is 0 Å². The Morgan fingerprint density at radius 1 is 1.14 bits per heavy atom. The van der Waals surface area contributed by atoms with Gasteiger partial charge in [0.05, 0.1) is 30.5 Å². The van der Waals surface area contributed by atoms with E-state index in [4.69, 9.17) is 4.74 Å². The van der Waals surface area contributed by atoms with Gasteiger partial charge in [0.1, 0.15) is 11.6 Å². The SMILES string of the molecule is CC(=O)Nc1cc(NC(=O)CCOC(C)C)c(F)cc1F. The third-order valence-corrected chi connectivity index (χ3v) is 2.42. The molecule has 2 N–H and O–H groups in total. The van der Waals surface area contributed by atoms with Crippen molar-refractivity contribution in [2.24, 2.45) is 0 Å². The van der Waals surface area contributed by atoms with E-state index in [2.05, 4.69) is 10.6 Å². The van der Waals surface area contributed by atoms with E-state index in [0.717, 1.165) is 6.07 Å². The summed E-state index contributed by atoms with van der Waals surface area (Å²) in [5, 5.41) is 4.53. The molecule has 0 fully saturated rings. The van der Waals surface area contributed by atoms with Crippen LogP contribution in [0.4, 0.5) is 20.2 Å². The number of carbonyl (C=O) groups is 2. The molecule has 1 aromatic rings. The monoisotopic (exact) mass is 300 g/mol. The van der Waals surface area contributed by atoms with Crippen molar-refractivity contribution in [2.75, 3.05) is 17.2 Å². The molecule has 116 valence electrons. The van der Waals surface area contributed by atoms with E-state index in [0.29, 0.717) is 6.07 Å². The molecule has 0 aromatic heterocycles. The Morgan fingerprint density at radius 2 is 1.71 bits per heavy atom. The third kappa shape index (κ3) is 5.86. The predicted octanol–water partition coefficient (Wildman–Crippen LogP) is 2.68. The van der Waals surface area contributed by atoms with Gasteiger partial charge in [0.15, 0.2) is 0 Å². The lowest BCUT2D eigenvalue weighted by Gasteiger charge is -2.11. The number of amides is 2. The van der Waals surface area contributed by atoms with Crippen LogP contribution >= 0.6 is 0 Å². The highest BCUT2D eigenvalue weighted by Gasteiger charge is 2.13. The Morgan fingerprint density at radius 3 is 2.24 bits per heavy atom. The van der Waals surface area contributed by atoms with Gasteiger partial charge in [-0.1, -0.05) is 0 Å². The molecule has 2 amide bonds. The van der Waals surface area contributed by atoms with Crippen LogP contribution < -0.4 is 10.6 Å². The second-order valence-corrected chi connectivity index (χ2v) is 4.71. The van der Waals surface area contributed by atoms with E-state index in [1.165, 1.54) is 6.92 Å². The lowest BCUT2D eigenvalue weighted by Crippen LogP contribution is -2.17. The molecule has 0 unspecified atom stereocenters. The molecule has 21 heavy (non-hydrogen) atoms. The van der Waals surface area contributed by atoms with Crippen molar-refractivity contribution < 1.29 is 23.1 Å². The molecule has 1 rings (SSSR count). The minimum absolute atomic E-state index is 0.00766. The Labute approximate surface area is 121 Å². The normalized spacial score (nSPS) is 10.6. The molecule has 7 heteroatoms. The summed E-state index contributed by atoms with van der Waals surface area (Å²) in [6.45, 7) is 5.06. The number of anilines is 2. The number of ether oxygens (including phenoxy) is 1. The zero-order valence-corrected chi connectivity index (χ0v) is 12.1. The number of halogens is 2. The highest BCUT2D eigenvalue weighted by molar-refractivity contribution is 5.93. The first-order chi connectivity index (χ1) is 9.79. The third-order valence-electron chi connectivity index (χ3n) is 2.42. The van der Waals surface area contributed by atoms with Crippen LogP contribution in [-0.4, -0.2) is 24.5 Å². The topological polar surface area (TPSA) is 67.4 Å². The van der Waals surface area contributed by atoms with Gasteiger partial charge in [0, 0.05) is 13.0 Å². The van der Waals surface area contributed by atoms with Crippen molar-refractivity contribution in [2.45, 2.75) is 33.3 Å².